The van der Waals surface area contributed by atoms with Crippen molar-refractivity contribution in [2.24, 2.45) is 0 Å². The first-order valence-corrected chi connectivity index (χ1v) is 9.52. The fourth-order valence-corrected chi connectivity index (χ4v) is 3.40. The van der Waals surface area contributed by atoms with Crippen molar-refractivity contribution >= 4 is 23.5 Å². The molecule has 4 rings (SSSR count). The maximum atomic E-state index is 6.24. The Bertz CT molecular complexity index is 994. The van der Waals surface area contributed by atoms with E-state index in [0.717, 1.165) is 34.3 Å². The molecule has 1 fully saturated rings. The minimum atomic E-state index is -0.382. The normalized spacial score (nSPS) is 18.4. The van der Waals surface area contributed by atoms with Gasteiger partial charge in [0.15, 0.2) is 5.82 Å². The van der Waals surface area contributed by atoms with Crippen LogP contribution in [-0.4, -0.2) is 33.1 Å². The Kier molecular flexibility index (Phi) is 4.16. The second-order valence-electron chi connectivity index (χ2n) is 8.27. The summed E-state index contributed by atoms with van der Waals surface area (Å²) in [6, 6.07) is 10.2. The summed E-state index contributed by atoms with van der Waals surface area (Å²) in [4.78, 5) is 4.58. The first kappa shape index (κ1) is 18.2. The molecule has 1 aliphatic heterocycles. The molecule has 0 amide bonds. The molecule has 27 heavy (non-hydrogen) atoms. The molecule has 0 N–H and O–H groups in total. The molecular formula is C21H26BN3O2. The molecule has 6 heteroatoms. The number of aromatic nitrogens is 3. The quantitative estimate of drug-likeness (QED) is 0.668. The van der Waals surface area contributed by atoms with Crippen LogP contribution < -0.4 is 5.46 Å². The predicted molar refractivity (Wildman–Crippen MR) is 109 cm³/mol. The average Bonchev–Trinajstić information content (AvgIpc) is 3.12. The van der Waals surface area contributed by atoms with Gasteiger partial charge in [-0.2, -0.15) is 5.10 Å². The summed E-state index contributed by atoms with van der Waals surface area (Å²) < 4.78 is 14.3. The SMILES string of the molecule is CCc1cc(B2OC(C)(C)C(C)(C)O2)cc2nn(-c3cccc(C)n3)cc12. The number of hydrogen-bond donors (Lipinski definition) is 0. The van der Waals surface area contributed by atoms with E-state index in [2.05, 4.69) is 57.9 Å². The number of benzene rings is 1. The smallest absolute Gasteiger partial charge is 0.399 e. The summed E-state index contributed by atoms with van der Waals surface area (Å²) >= 11 is 0. The van der Waals surface area contributed by atoms with E-state index in [4.69, 9.17) is 14.4 Å². The molecule has 140 valence electrons. The summed E-state index contributed by atoms with van der Waals surface area (Å²) in [7, 11) is -0.382. The molecule has 2 aromatic heterocycles. The molecule has 1 aromatic carbocycles. The third-order valence-electron chi connectivity index (χ3n) is 5.75. The molecule has 0 aliphatic carbocycles. The van der Waals surface area contributed by atoms with Crippen molar-refractivity contribution in [3.05, 3.63) is 47.8 Å². The molecule has 0 saturated carbocycles. The lowest BCUT2D eigenvalue weighted by molar-refractivity contribution is 0.00578. The molecule has 1 aliphatic rings. The van der Waals surface area contributed by atoms with Crippen LogP contribution in [0.25, 0.3) is 16.7 Å². The van der Waals surface area contributed by atoms with Crippen molar-refractivity contribution in [3.8, 4) is 5.82 Å². The van der Waals surface area contributed by atoms with Gasteiger partial charge in [0, 0.05) is 17.3 Å². The van der Waals surface area contributed by atoms with E-state index in [9.17, 15) is 0 Å². The molecule has 0 radical (unpaired) electrons. The van der Waals surface area contributed by atoms with E-state index in [1.807, 2.05) is 29.8 Å². The van der Waals surface area contributed by atoms with Crippen LogP contribution in [0.2, 0.25) is 0 Å². The third-order valence-corrected chi connectivity index (χ3v) is 5.75. The minimum absolute atomic E-state index is 0.357. The van der Waals surface area contributed by atoms with Gasteiger partial charge in [-0.05, 0) is 70.3 Å². The highest BCUT2D eigenvalue weighted by atomic mass is 16.7. The van der Waals surface area contributed by atoms with Gasteiger partial charge in [-0.1, -0.05) is 19.1 Å². The lowest BCUT2D eigenvalue weighted by Crippen LogP contribution is -2.41. The molecular weight excluding hydrogens is 337 g/mol. The van der Waals surface area contributed by atoms with Crippen LogP contribution in [0, 0.1) is 6.92 Å². The Hall–Kier alpha value is -2.18. The van der Waals surface area contributed by atoms with Crippen molar-refractivity contribution in [2.45, 2.75) is 59.2 Å². The highest BCUT2D eigenvalue weighted by Gasteiger charge is 2.51. The van der Waals surface area contributed by atoms with Gasteiger partial charge in [0.1, 0.15) is 0 Å². The zero-order valence-corrected chi connectivity index (χ0v) is 16.9. The van der Waals surface area contributed by atoms with E-state index in [1.165, 1.54) is 5.56 Å². The van der Waals surface area contributed by atoms with Crippen LogP contribution in [0.4, 0.5) is 0 Å². The summed E-state index contributed by atoms with van der Waals surface area (Å²) in [6.07, 6.45) is 2.97. The topological polar surface area (TPSA) is 49.2 Å². The molecule has 1 saturated heterocycles. The summed E-state index contributed by atoms with van der Waals surface area (Å²) in [5.41, 5.74) is 3.44. The van der Waals surface area contributed by atoms with Gasteiger partial charge in [0.25, 0.3) is 0 Å². The molecule has 0 spiro atoms. The van der Waals surface area contributed by atoms with Gasteiger partial charge in [-0.3, -0.25) is 0 Å². The minimum Gasteiger partial charge on any atom is -0.399 e. The third kappa shape index (κ3) is 3.07. The molecule has 5 nitrogen and oxygen atoms in total. The zero-order chi connectivity index (χ0) is 19.4. The molecule has 0 atom stereocenters. The van der Waals surface area contributed by atoms with E-state index >= 15 is 0 Å². The van der Waals surface area contributed by atoms with Gasteiger partial charge < -0.3 is 9.31 Å². The van der Waals surface area contributed by atoms with E-state index < -0.39 is 0 Å². The summed E-state index contributed by atoms with van der Waals surface area (Å²) in [5.74, 6) is 0.824. The van der Waals surface area contributed by atoms with Crippen LogP contribution >= 0.6 is 0 Å². The number of nitrogens with zero attached hydrogens (tertiary/aromatic N) is 3. The number of hydrogen-bond acceptors (Lipinski definition) is 4. The first-order valence-electron chi connectivity index (χ1n) is 9.52. The molecule has 3 heterocycles. The number of pyridine rings is 1. The summed E-state index contributed by atoms with van der Waals surface area (Å²) in [6.45, 7) is 12.4. The fraction of sp³-hybridized carbons (Fsp3) is 0.429. The predicted octanol–water partition coefficient (Wildman–Crippen LogP) is 3.59. The largest absolute Gasteiger partial charge is 0.494 e. The van der Waals surface area contributed by atoms with E-state index in [-0.39, 0.29) is 18.3 Å². The Morgan fingerprint density at radius 2 is 1.78 bits per heavy atom. The van der Waals surface area contributed by atoms with Crippen LogP contribution in [0.5, 0.6) is 0 Å². The summed E-state index contributed by atoms with van der Waals surface area (Å²) in [5, 5.41) is 5.92. The van der Waals surface area contributed by atoms with Crippen molar-refractivity contribution in [1.82, 2.24) is 14.8 Å². The first-order chi connectivity index (χ1) is 12.7. The number of rotatable bonds is 3. The molecule has 0 unspecified atom stereocenters. The molecule has 3 aromatic rings. The second-order valence-corrected chi connectivity index (χ2v) is 8.27. The van der Waals surface area contributed by atoms with Crippen LogP contribution in [0.3, 0.4) is 0 Å². The number of aryl methyl sites for hydroxylation is 2. The Balaban J connectivity index is 1.79. The van der Waals surface area contributed by atoms with Crippen LogP contribution in [0.15, 0.2) is 36.5 Å². The monoisotopic (exact) mass is 363 g/mol. The van der Waals surface area contributed by atoms with Crippen molar-refractivity contribution in [2.75, 3.05) is 0 Å². The van der Waals surface area contributed by atoms with Gasteiger partial charge in [0.2, 0.25) is 0 Å². The van der Waals surface area contributed by atoms with E-state index in [1.54, 1.807) is 0 Å². The second kappa shape index (κ2) is 6.18. The highest BCUT2D eigenvalue weighted by Crippen LogP contribution is 2.36. The molecule has 0 bridgehead atoms. The average molecular weight is 363 g/mol. The van der Waals surface area contributed by atoms with Crippen LogP contribution in [0.1, 0.15) is 45.9 Å². The van der Waals surface area contributed by atoms with Crippen molar-refractivity contribution in [1.29, 1.82) is 0 Å². The number of fused-ring (bicyclic) bond motifs is 1. The highest BCUT2D eigenvalue weighted by molar-refractivity contribution is 6.62. The van der Waals surface area contributed by atoms with Crippen molar-refractivity contribution < 1.29 is 9.31 Å². The van der Waals surface area contributed by atoms with Gasteiger partial charge in [-0.25, -0.2) is 9.67 Å². The van der Waals surface area contributed by atoms with Crippen LogP contribution in [-0.2, 0) is 15.7 Å². The Morgan fingerprint density at radius 1 is 1.07 bits per heavy atom. The van der Waals surface area contributed by atoms with Gasteiger partial charge in [-0.15, -0.1) is 0 Å². The maximum Gasteiger partial charge on any atom is 0.494 e. The zero-order valence-electron chi connectivity index (χ0n) is 16.9. The van der Waals surface area contributed by atoms with Gasteiger partial charge >= 0.3 is 7.12 Å². The Labute approximate surface area is 160 Å². The maximum absolute atomic E-state index is 6.24. The fourth-order valence-electron chi connectivity index (χ4n) is 3.40. The van der Waals surface area contributed by atoms with E-state index in [0.29, 0.717) is 0 Å². The lowest BCUT2D eigenvalue weighted by Gasteiger charge is -2.32. The van der Waals surface area contributed by atoms with Crippen molar-refractivity contribution in [3.63, 3.8) is 0 Å². The van der Waals surface area contributed by atoms with Gasteiger partial charge in [0.05, 0.1) is 16.7 Å². The standard InChI is InChI=1S/C21H26BN3O2/c1-7-15-11-16(22-26-20(3,4)21(5,6)27-22)12-18-17(15)13-25(24-18)19-10-8-9-14(2)23-19/h8-13H,7H2,1-6H3. The lowest BCUT2D eigenvalue weighted by atomic mass is 9.77. The Morgan fingerprint density at radius 3 is 2.41 bits per heavy atom.